The minimum absolute atomic E-state index is 0.377. The predicted molar refractivity (Wildman–Crippen MR) is 51.1 cm³/mol. The third-order valence-corrected chi connectivity index (χ3v) is 1.69. The minimum Gasteiger partial charge on any atom is -0.394 e. The van der Waals surface area contributed by atoms with Gasteiger partial charge in [-0.05, 0) is 20.8 Å². The highest BCUT2D eigenvalue weighted by Crippen LogP contribution is 2.21. The number of nitrogens with two attached hydrogens (primary N) is 1. The molecule has 12 heavy (non-hydrogen) atoms. The predicted octanol–water partition coefficient (Wildman–Crippen LogP) is 1.13. The molecule has 68 valence electrons. The van der Waals surface area contributed by atoms with Crippen LogP contribution in [0.15, 0.2) is 0 Å². The van der Waals surface area contributed by atoms with E-state index in [-0.39, 0.29) is 0 Å². The van der Waals surface area contributed by atoms with E-state index in [1.807, 2.05) is 14.0 Å². The molecule has 3 N–H and O–H groups in total. The van der Waals surface area contributed by atoms with Gasteiger partial charge in [-0.1, -0.05) is 0 Å². The van der Waals surface area contributed by atoms with Crippen molar-refractivity contribution in [2.75, 3.05) is 11.1 Å². The van der Waals surface area contributed by atoms with Crippen LogP contribution in [0.2, 0.25) is 0 Å². The van der Waals surface area contributed by atoms with Crippen molar-refractivity contribution >= 4 is 11.5 Å². The fourth-order valence-electron chi connectivity index (χ4n) is 1.12. The maximum absolute atomic E-state index is 5.81. The van der Waals surface area contributed by atoms with Crippen molar-refractivity contribution in [2.24, 2.45) is 7.05 Å². The second-order valence-electron chi connectivity index (χ2n) is 3.27. The summed E-state index contributed by atoms with van der Waals surface area (Å²) in [5.74, 6) is 0.905. The average molecular weight is 168 g/mol. The number of hydrogen-bond donors (Lipinski definition) is 2. The summed E-state index contributed by atoms with van der Waals surface area (Å²) in [4.78, 5) is 0. The quantitative estimate of drug-likeness (QED) is 0.696. The topological polar surface area (TPSA) is 55.9 Å². The summed E-state index contributed by atoms with van der Waals surface area (Å²) < 4.78 is 1.77. The van der Waals surface area contributed by atoms with Gasteiger partial charge in [-0.3, -0.25) is 4.68 Å². The molecular weight excluding hydrogens is 152 g/mol. The smallest absolute Gasteiger partial charge is 0.147 e. The number of nitrogen functional groups attached to an aromatic ring is 1. The van der Waals surface area contributed by atoms with Crippen LogP contribution in [0.3, 0.4) is 0 Å². The molecule has 0 aliphatic heterocycles. The van der Waals surface area contributed by atoms with Crippen molar-refractivity contribution in [1.82, 2.24) is 9.78 Å². The Kier molecular flexibility index (Phi) is 2.26. The lowest BCUT2D eigenvalue weighted by atomic mass is 10.3. The first kappa shape index (κ1) is 8.90. The van der Waals surface area contributed by atoms with E-state index >= 15 is 0 Å². The average Bonchev–Trinajstić information content (AvgIpc) is 2.16. The Morgan fingerprint density at radius 3 is 2.42 bits per heavy atom. The minimum atomic E-state index is 0.377. The highest BCUT2D eigenvalue weighted by atomic mass is 15.3. The van der Waals surface area contributed by atoms with Gasteiger partial charge in [0.05, 0.1) is 11.4 Å². The van der Waals surface area contributed by atoms with Crippen molar-refractivity contribution in [3.05, 3.63) is 5.69 Å². The molecule has 0 unspecified atom stereocenters. The van der Waals surface area contributed by atoms with Gasteiger partial charge in [0.25, 0.3) is 0 Å². The van der Waals surface area contributed by atoms with E-state index in [2.05, 4.69) is 24.3 Å². The maximum Gasteiger partial charge on any atom is 0.147 e. The zero-order valence-corrected chi connectivity index (χ0v) is 8.05. The largest absolute Gasteiger partial charge is 0.394 e. The molecule has 4 nitrogen and oxygen atoms in total. The van der Waals surface area contributed by atoms with Gasteiger partial charge in [-0.25, -0.2) is 0 Å². The second kappa shape index (κ2) is 3.05. The molecule has 4 heteroatoms. The highest BCUT2D eigenvalue weighted by Gasteiger charge is 2.09. The van der Waals surface area contributed by atoms with Crippen molar-refractivity contribution in [1.29, 1.82) is 0 Å². The lowest BCUT2D eigenvalue weighted by molar-refractivity contribution is 0.745. The third kappa shape index (κ3) is 1.52. The molecular formula is C8H16N4. The van der Waals surface area contributed by atoms with E-state index in [1.165, 1.54) is 0 Å². The van der Waals surface area contributed by atoms with E-state index in [4.69, 9.17) is 5.73 Å². The van der Waals surface area contributed by atoms with E-state index in [0.29, 0.717) is 6.04 Å². The molecule has 0 aromatic carbocycles. The van der Waals surface area contributed by atoms with E-state index in [0.717, 1.165) is 17.2 Å². The summed E-state index contributed by atoms with van der Waals surface area (Å²) in [6.45, 7) is 6.05. The zero-order chi connectivity index (χ0) is 9.30. The van der Waals surface area contributed by atoms with Gasteiger partial charge in [-0.15, -0.1) is 0 Å². The Hall–Kier alpha value is -1.19. The number of hydrogen-bond acceptors (Lipinski definition) is 3. The Balaban J connectivity index is 2.97. The Morgan fingerprint density at radius 1 is 1.50 bits per heavy atom. The van der Waals surface area contributed by atoms with Gasteiger partial charge < -0.3 is 11.1 Å². The molecule has 0 saturated carbocycles. The molecule has 1 heterocycles. The first-order valence-electron chi connectivity index (χ1n) is 4.08. The summed E-state index contributed by atoms with van der Waals surface area (Å²) in [5, 5.41) is 7.43. The SMILES string of the molecule is Cc1nn(C)c(NC(C)C)c1N. The van der Waals surface area contributed by atoms with Crippen molar-refractivity contribution in [2.45, 2.75) is 26.8 Å². The van der Waals surface area contributed by atoms with Crippen molar-refractivity contribution in [3.8, 4) is 0 Å². The highest BCUT2D eigenvalue weighted by molar-refractivity contribution is 5.64. The normalized spacial score (nSPS) is 10.8. The molecule has 1 rings (SSSR count). The van der Waals surface area contributed by atoms with E-state index in [1.54, 1.807) is 4.68 Å². The lowest BCUT2D eigenvalue weighted by Gasteiger charge is -2.10. The molecule has 0 fully saturated rings. The number of nitrogens with zero attached hydrogens (tertiary/aromatic N) is 2. The molecule has 0 atom stereocenters. The van der Waals surface area contributed by atoms with Crippen molar-refractivity contribution < 1.29 is 0 Å². The van der Waals surface area contributed by atoms with Crippen LogP contribution in [0.1, 0.15) is 19.5 Å². The van der Waals surface area contributed by atoms with Gasteiger partial charge in [0.2, 0.25) is 0 Å². The first-order chi connectivity index (χ1) is 5.52. The molecule has 0 spiro atoms. The lowest BCUT2D eigenvalue weighted by Crippen LogP contribution is -2.14. The van der Waals surface area contributed by atoms with Crippen LogP contribution in [-0.4, -0.2) is 15.8 Å². The van der Waals surface area contributed by atoms with Crippen molar-refractivity contribution in [3.63, 3.8) is 0 Å². The zero-order valence-electron chi connectivity index (χ0n) is 8.05. The molecule has 0 bridgehead atoms. The molecule has 0 radical (unpaired) electrons. The number of aromatic nitrogens is 2. The van der Waals surface area contributed by atoms with Gasteiger partial charge >= 0.3 is 0 Å². The summed E-state index contributed by atoms with van der Waals surface area (Å²) in [7, 11) is 1.88. The van der Waals surface area contributed by atoms with Gasteiger partial charge in [-0.2, -0.15) is 5.10 Å². The standard InChI is InChI=1S/C8H16N4/c1-5(2)10-8-7(9)6(3)11-12(8)4/h5,10H,9H2,1-4H3. The van der Waals surface area contributed by atoms with Crippen LogP contribution in [0, 0.1) is 6.92 Å². The Morgan fingerprint density at radius 2 is 2.08 bits per heavy atom. The third-order valence-electron chi connectivity index (χ3n) is 1.69. The molecule has 1 aromatic heterocycles. The molecule has 1 aromatic rings. The molecule has 0 aliphatic carbocycles. The van der Waals surface area contributed by atoms with Crippen LogP contribution >= 0.6 is 0 Å². The summed E-state index contributed by atoms with van der Waals surface area (Å²) >= 11 is 0. The first-order valence-corrected chi connectivity index (χ1v) is 4.08. The van der Waals surface area contributed by atoms with Crippen LogP contribution < -0.4 is 11.1 Å². The number of aryl methyl sites for hydroxylation is 2. The Bertz CT molecular complexity index is 275. The van der Waals surface area contributed by atoms with E-state index < -0.39 is 0 Å². The monoisotopic (exact) mass is 168 g/mol. The number of rotatable bonds is 2. The Labute approximate surface area is 72.8 Å². The van der Waals surface area contributed by atoms with Gasteiger partial charge in [0.15, 0.2) is 0 Å². The number of anilines is 2. The summed E-state index contributed by atoms with van der Waals surface area (Å²) in [6, 6.07) is 0.377. The van der Waals surface area contributed by atoms with Gasteiger partial charge in [0, 0.05) is 13.1 Å². The fraction of sp³-hybridized carbons (Fsp3) is 0.625. The van der Waals surface area contributed by atoms with E-state index in [9.17, 15) is 0 Å². The van der Waals surface area contributed by atoms with Crippen LogP contribution in [-0.2, 0) is 7.05 Å². The van der Waals surface area contributed by atoms with Crippen LogP contribution in [0.5, 0.6) is 0 Å². The summed E-state index contributed by atoms with van der Waals surface area (Å²) in [5.41, 5.74) is 7.42. The maximum atomic E-state index is 5.81. The summed E-state index contributed by atoms with van der Waals surface area (Å²) in [6.07, 6.45) is 0. The van der Waals surface area contributed by atoms with Crippen LogP contribution in [0.25, 0.3) is 0 Å². The number of nitrogens with one attached hydrogen (secondary N) is 1. The fourth-order valence-corrected chi connectivity index (χ4v) is 1.12. The molecule has 0 saturated heterocycles. The van der Waals surface area contributed by atoms with Crippen LogP contribution in [0.4, 0.5) is 11.5 Å². The molecule has 0 amide bonds. The second-order valence-corrected chi connectivity index (χ2v) is 3.27. The van der Waals surface area contributed by atoms with Gasteiger partial charge in [0.1, 0.15) is 5.82 Å². The molecule has 0 aliphatic rings.